The van der Waals surface area contributed by atoms with Crippen LogP contribution in [0.5, 0.6) is 5.75 Å². The van der Waals surface area contributed by atoms with Crippen LogP contribution in [0.4, 0.5) is 5.69 Å². The maximum atomic E-state index is 11.5. The molecule has 0 bridgehead atoms. The smallest absolute Gasteiger partial charge is 0.337 e. The number of carbonyl (C=O) groups excluding carboxylic acids is 1. The van der Waals surface area contributed by atoms with Gasteiger partial charge in [-0.1, -0.05) is 12.1 Å². The molecule has 0 unspecified atom stereocenters. The maximum absolute atomic E-state index is 11.5. The lowest BCUT2D eigenvalue weighted by atomic mass is 10.1. The van der Waals surface area contributed by atoms with Gasteiger partial charge in [0.1, 0.15) is 12.4 Å². The van der Waals surface area contributed by atoms with Crippen LogP contribution in [-0.4, -0.2) is 26.2 Å². The zero-order chi connectivity index (χ0) is 15.8. The van der Waals surface area contributed by atoms with Gasteiger partial charge in [0, 0.05) is 18.8 Å². The van der Waals surface area contributed by atoms with E-state index in [0.29, 0.717) is 18.7 Å². The Labute approximate surface area is 130 Å². The van der Waals surface area contributed by atoms with E-state index in [0.717, 1.165) is 23.5 Å². The summed E-state index contributed by atoms with van der Waals surface area (Å²) in [5.74, 6) is 0.416. The van der Waals surface area contributed by atoms with Crippen molar-refractivity contribution >= 4 is 11.7 Å². The van der Waals surface area contributed by atoms with Gasteiger partial charge in [-0.15, -0.1) is 0 Å². The van der Waals surface area contributed by atoms with Crippen LogP contribution in [0, 0.1) is 0 Å². The molecule has 0 spiro atoms. The molecule has 0 saturated heterocycles. The van der Waals surface area contributed by atoms with Gasteiger partial charge < -0.3 is 20.5 Å². The fourth-order valence-electron chi connectivity index (χ4n) is 1.96. The van der Waals surface area contributed by atoms with Gasteiger partial charge in [-0.3, -0.25) is 0 Å². The third-order valence-corrected chi connectivity index (χ3v) is 3.08. The number of nitrogens with one attached hydrogen (secondary N) is 1. The minimum Gasteiger partial charge on any atom is -0.489 e. The van der Waals surface area contributed by atoms with Crippen LogP contribution in [0.3, 0.4) is 0 Å². The number of hydrogen-bond acceptors (Lipinski definition) is 5. The highest BCUT2D eigenvalue weighted by Gasteiger charge is 2.05. The Morgan fingerprint density at radius 3 is 2.64 bits per heavy atom. The lowest BCUT2D eigenvalue weighted by Gasteiger charge is -2.09. The van der Waals surface area contributed by atoms with E-state index in [1.807, 2.05) is 36.4 Å². The highest BCUT2D eigenvalue weighted by Crippen LogP contribution is 2.17. The van der Waals surface area contributed by atoms with E-state index in [1.54, 1.807) is 12.1 Å². The quantitative estimate of drug-likeness (QED) is 0.768. The summed E-state index contributed by atoms with van der Waals surface area (Å²) < 4.78 is 10.4. The van der Waals surface area contributed by atoms with Crippen LogP contribution in [0.2, 0.25) is 0 Å². The van der Waals surface area contributed by atoms with Gasteiger partial charge in [0.25, 0.3) is 0 Å². The molecule has 0 aromatic heterocycles. The third kappa shape index (κ3) is 4.49. The van der Waals surface area contributed by atoms with Gasteiger partial charge in [-0.2, -0.15) is 0 Å². The largest absolute Gasteiger partial charge is 0.489 e. The first kappa shape index (κ1) is 15.9. The predicted molar refractivity (Wildman–Crippen MR) is 86.1 cm³/mol. The summed E-state index contributed by atoms with van der Waals surface area (Å²) in [6, 6.07) is 14.9. The van der Waals surface area contributed by atoms with E-state index < -0.39 is 0 Å². The Balaban J connectivity index is 1.93. The highest BCUT2D eigenvalue weighted by atomic mass is 16.5. The van der Waals surface area contributed by atoms with Crippen molar-refractivity contribution in [2.24, 2.45) is 5.73 Å². The number of benzene rings is 2. The number of rotatable bonds is 7. The number of ether oxygens (including phenoxy) is 2. The van der Waals surface area contributed by atoms with E-state index in [-0.39, 0.29) is 5.97 Å². The summed E-state index contributed by atoms with van der Waals surface area (Å²) in [6.45, 7) is 1.72. The molecule has 5 heteroatoms. The van der Waals surface area contributed by atoms with Crippen molar-refractivity contribution in [3.05, 3.63) is 59.7 Å². The van der Waals surface area contributed by atoms with Gasteiger partial charge in [0.15, 0.2) is 0 Å². The van der Waals surface area contributed by atoms with Crippen LogP contribution in [0.25, 0.3) is 0 Å². The number of nitrogens with two attached hydrogens (primary N) is 1. The average molecular weight is 300 g/mol. The van der Waals surface area contributed by atoms with Gasteiger partial charge in [0.2, 0.25) is 0 Å². The van der Waals surface area contributed by atoms with Crippen molar-refractivity contribution in [1.29, 1.82) is 0 Å². The normalized spacial score (nSPS) is 10.1. The van der Waals surface area contributed by atoms with E-state index in [2.05, 4.69) is 5.32 Å². The number of esters is 1. The highest BCUT2D eigenvalue weighted by molar-refractivity contribution is 5.89. The zero-order valence-corrected chi connectivity index (χ0v) is 12.5. The molecule has 0 aliphatic heterocycles. The Kier molecular flexibility index (Phi) is 5.80. The summed E-state index contributed by atoms with van der Waals surface area (Å²) in [4.78, 5) is 11.5. The number of hydrogen-bond donors (Lipinski definition) is 2. The molecule has 0 saturated carbocycles. The number of methoxy groups -OCH3 is 1. The molecular weight excluding hydrogens is 280 g/mol. The molecule has 2 aromatic rings. The first-order chi connectivity index (χ1) is 10.7. The first-order valence-corrected chi connectivity index (χ1v) is 7.07. The molecule has 22 heavy (non-hydrogen) atoms. The van der Waals surface area contributed by atoms with Crippen molar-refractivity contribution in [3.8, 4) is 5.75 Å². The molecule has 0 amide bonds. The average Bonchev–Trinajstić information content (AvgIpc) is 2.58. The Morgan fingerprint density at radius 1 is 1.18 bits per heavy atom. The van der Waals surface area contributed by atoms with Crippen molar-refractivity contribution < 1.29 is 14.3 Å². The SMILES string of the molecule is COC(=O)c1cccc(COc2ccc(NCCN)cc2)c1. The fraction of sp³-hybridized carbons (Fsp3) is 0.235. The van der Waals surface area contributed by atoms with Crippen LogP contribution in [-0.2, 0) is 11.3 Å². The third-order valence-electron chi connectivity index (χ3n) is 3.08. The first-order valence-electron chi connectivity index (χ1n) is 7.07. The van der Waals surface area contributed by atoms with Crippen molar-refractivity contribution in [3.63, 3.8) is 0 Å². The van der Waals surface area contributed by atoms with Crippen LogP contribution in [0.1, 0.15) is 15.9 Å². The van der Waals surface area contributed by atoms with Gasteiger partial charge in [-0.25, -0.2) is 4.79 Å². The van der Waals surface area contributed by atoms with Crippen molar-refractivity contribution in [2.75, 3.05) is 25.5 Å². The topological polar surface area (TPSA) is 73.6 Å². The van der Waals surface area contributed by atoms with Gasteiger partial charge in [0.05, 0.1) is 12.7 Å². The van der Waals surface area contributed by atoms with E-state index in [4.69, 9.17) is 15.2 Å². The fourth-order valence-corrected chi connectivity index (χ4v) is 1.96. The number of carbonyl (C=O) groups is 1. The molecular formula is C17H20N2O3. The molecule has 3 N–H and O–H groups in total. The number of anilines is 1. The maximum Gasteiger partial charge on any atom is 0.337 e. The Bertz CT molecular complexity index is 612. The van der Waals surface area contributed by atoms with Gasteiger partial charge >= 0.3 is 5.97 Å². The molecule has 0 radical (unpaired) electrons. The molecule has 0 atom stereocenters. The van der Waals surface area contributed by atoms with Crippen LogP contribution < -0.4 is 15.8 Å². The van der Waals surface area contributed by atoms with E-state index >= 15 is 0 Å². The molecule has 0 heterocycles. The molecule has 2 aromatic carbocycles. The Hall–Kier alpha value is -2.53. The second-order valence-electron chi connectivity index (χ2n) is 4.72. The summed E-state index contributed by atoms with van der Waals surface area (Å²) in [7, 11) is 1.37. The summed E-state index contributed by atoms with van der Waals surface area (Å²) in [5.41, 5.74) is 7.88. The van der Waals surface area contributed by atoms with E-state index in [1.165, 1.54) is 7.11 Å². The summed E-state index contributed by atoms with van der Waals surface area (Å²) in [6.07, 6.45) is 0. The predicted octanol–water partition coefficient (Wildman–Crippen LogP) is 2.42. The standard InChI is InChI=1S/C17H20N2O3/c1-21-17(20)14-4-2-3-13(11-14)12-22-16-7-5-15(6-8-16)19-10-9-18/h2-8,11,19H,9-10,12,18H2,1H3. The zero-order valence-electron chi connectivity index (χ0n) is 12.5. The minimum atomic E-state index is -0.350. The van der Waals surface area contributed by atoms with Crippen LogP contribution >= 0.6 is 0 Å². The molecule has 0 fully saturated rings. The second-order valence-corrected chi connectivity index (χ2v) is 4.72. The van der Waals surface area contributed by atoms with E-state index in [9.17, 15) is 4.79 Å². The molecule has 0 aliphatic rings. The van der Waals surface area contributed by atoms with Gasteiger partial charge in [-0.05, 0) is 42.0 Å². The molecule has 116 valence electrons. The Morgan fingerprint density at radius 2 is 1.95 bits per heavy atom. The van der Waals surface area contributed by atoms with Crippen LogP contribution in [0.15, 0.2) is 48.5 Å². The van der Waals surface area contributed by atoms with Crippen molar-refractivity contribution in [2.45, 2.75) is 6.61 Å². The molecule has 5 nitrogen and oxygen atoms in total. The lowest BCUT2D eigenvalue weighted by molar-refractivity contribution is 0.0600. The lowest BCUT2D eigenvalue weighted by Crippen LogP contribution is -2.12. The summed E-state index contributed by atoms with van der Waals surface area (Å²) >= 11 is 0. The monoisotopic (exact) mass is 300 g/mol. The molecule has 0 aliphatic carbocycles. The summed E-state index contributed by atoms with van der Waals surface area (Å²) in [5, 5.41) is 3.19. The second kappa shape index (κ2) is 8.05. The minimum absolute atomic E-state index is 0.350. The molecule has 2 rings (SSSR count). The van der Waals surface area contributed by atoms with Crippen molar-refractivity contribution in [1.82, 2.24) is 0 Å².